The zero-order valence-electron chi connectivity index (χ0n) is 18.3. The van der Waals surface area contributed by atoms with Crippen molar-refractivity contribution in [3.8, 4) is 0 Å². The van der Waals surface area contributed by atoms with E-state index in [4.69, 9.17) is 4.98 Å². The summed E-state index contributed by atoms with van der Waals surface area (Å²) in [4.78, 5) is 24.7. The predicted octanol–water partition coefficient (Wildman–Crippen LogP) is 5.05. The van der Waals surface area contributed by atoms with Crippen molar-refractivity contribution in [1.29, 1.82) is 0 Å². The van der Waals surface area contributed by atoms with Gasteiger partial charge in [0.2, 0.25) is 0 Å². The maximum atomic E-state index is 13.4. The molecule has 1 aliphatic heterocycles. The van der Waals surface area contributed by atoms with Gasteiger partial charge in [0.05, 0.1) is 11.7 Å². The summed E-state index contributed by atoms with van der Waals surface area (Å²) in [5.41, 5.74) is 6.29. The molecule has 1 aromatic carbocycles. The molecule has 0 N–H and O–H groups in total. The van der Waals surface area contributed by atoms with Crippen LogP contribution in [0, 0.1) is 19.7 Å². The van der Waals surface area contributed by atoms with E-state index in [0.29, 0.717) is 18.7 Å². The standard InChI is InChI=1S/C26H25FN4O/c1-17-5-3-11-30-16-23(29-25(17)30)26(32)31-12-4-6-24(31)22-15-20(13-18(2)28-22)14-19-7-9-21(27)10-8-19/h3,5,7-11,13,15-16,24H,4,6,12,14H2,1-2H3/t24-/m1/s1. The number of carbonyl (C=O) groups is 1. The number of hydrogen-bond donors (Lipinski definition) is 0. The fourth-order valence-electron chi connectivity index (χ4n) is 4.60. The molecule has 1 aliphatic rings. The smallest absolute Gasteiger partial charge is 0.274 e. The van der Waals surface area contributed by atoms with Crippen LogP contribution in [-0.2, 0) is 6.42 Å². The lowest BCUT2D eigenvalue weighted by Gasteiger charge is -2.24. The van der Waals surface area contributed by atoms with Gasteiger partial charge < -0.3 is 9.30 Å². The fraction of sp³-hybridized carbons (Fsp3) is 0.269. The summed E-state index contributed by atoms with van der Waals surface area (Å²) in [7, 11) is 0. The van der Waals surface area contributed by atoms with Gasteiger partial charge in [-0.25, -0.2) is 9.37 Å². The molecule has 1 atom stereocenters. The molecule has 0 saturated carbocycles. The molecule has 6 heteroatoms. The molecule has 4 aromatic rings. The number of amides is 1. The highest BCUT2D eigenvalue weighted by Gasteiger charge is 2.33. The molecule has 0 bridgehead atoms. The topological polar surface area (TPSA) is 50.5 Å². The monoisotopic (exact) mass is 428 g/mol. The second-order valence-corrected chi connectivity index (χ2v) is 8.55. The van der Waals surface area contributed by atoms with Crippen molar-refractivity contribution in [2.45, 2.75) is 39.2 Å². The Morgan fingerprint density at radius 3 is 2.69 bits per heavy atom. The van der Waals surface area contributed by atoms with Crippen LogP contribution in [0.1, 0.15) is 57.5 Å². The minimum Gasteiger partial charge on any atom is -0.329 e. The number of imidazole rings is 1. The minimum absolute atomic E-state index is 0.0565. The third kappa shape index (κ3) is 3.88. The number of fused-ring (bicyclic) bond motifs is 1. The number of hydrogen-bond acceptors (Lipinski definition) is 3. The van der Waals surface area contributed by atoms with Gasteiger partial charge in [-0.05, 0) is 80.1 Å². The second kappa shape index (κ2) is 8.19. The summed E-state index contributed by atoms with van der Waals surface area (Å²) in [6.07, 6.45) is 6.24. The quantitative estimate of drug-likeness (QED) is 0.457. The van der Waals surface area contributed by atoms with Gasteiger partial charge >= 0.3 is 0 Å². The molecule has 0 spiro atoms. The van der Waals surface area contributed by atoms with Crippen LogP contribution in [0.15, 0.2) is 60.9 Å². The number of aromatic nitrogens is 3. The number of aryl methyl sites for hydroxylation is 2. The van der Waals surface area contributed by atoms with Gasteiger partial charge in [0.25, 0.3) is 5.91 Å². The van der Waals surface area contributed by atoms with Crippen LogP contribution in [0.3, 0.4) is 0 Å². The Labute approximate surface area is 186 Å². The van der Waals surface area contributed by atoms with E-state index in [0.717, 1.165) is 46.6 Å². The lowest BCUT2D eigenvalue weighted by Crippen LogP contribution is -2.31. The van der Waals surface area contributed by atoms with Crippen molar-refractivity contribution >= 4 is 11.6 Å². The molecule has 162 valence electrons. The third-order valence-corrected chi connectivity index (χ3v) is 6.11. The first kappa shape index (κ1) is 20.4. The molecule has 32 heavy (non-hydrogen) atoms. The Kier molecular flexibility index (Phi) is 5.21. The summed E-state index contributed by atoms with van der Waals surface area (Å²) in [5.74, 6) is -0.290. The SMILES string of the molecule is Cc1cc(Cc2ccc(F)cc2)cc([C@H]2CCCN2C(=O)c2cn3cccc(C)c3n2)n1. The molecule has 1 saturated heterocycles. The van der Waals surface area contributed by atoms with Crippen LogP contribution in [0.2, 0.25) is 0 Å². The summed E-state index contributed by atoms with van der Waals surface area (Å²) in [5, 5.41) is 0. The number of halogens is 1. The summed E-state index contributed by atoms with van der Waals surface area (Å²) in [6.45, 7) is 4.66. The summed E-state index contributed by atoms with van der Waals surface area (Å²) < 4.78 is 15.2. The van der Waals surface area contributed by atoms with Crippen LogP contribution < -0.4 is 0 Å². The third-order valence-electron chi connectivity index (χ3n) is 6.11. The van der Waals surface area contributed by atoms with Gasteiger partial charge in [0, 0.05) is 24.6 Å². The highest BCUT2D eigenvalue weighted by Crippen LogP contribution is 2.33. The Balaban J connectivity index is 1.43. The van der Waals surface area contributed by atoms with E-state index in [1.165, 1.54) is 12.1 Å². The molecule has 0 radical (unpaired) electrons. The maximum absolute atomic E-state index is 13.4. The van der Waals surface area contributed by atoms with Crippen molar-refractivity contribution in [1.82, 2.24) is 19.3 Å². The predicted molar refractivity (Wildman–Crippen MR) is 121 cm³/mol. The van der Waals surface area contributed by atoms with E-state index >= 15 is 0 Å². The first-order valence-electron chi connectivity index (χ1n) is 10.9. The van der Waals surface area contributed by atoms with E-state index in [1.807, 2.05) is 59.8 Å². The number of rotatable bonds is 4. The van der Waals surface area contributed by atoms with Gasteiger partial charge in [0.15, 0.2) is 0 Å². The van der Waals surface area contributed by atoms with Crippen LogP contribution >= 0.6 is 0 Å². The second-order valence-electron chi connectivity index (χ2n) is 8.55. The van der Waals surface area contributed by atoms with Gasteiger partial charge in [-0.2, -0.15) is 0 Å². The van der Waals surface area contributed by atoms with Crippen molar-refractivity contribution in [2.24, 2.45) is 0 Å². The Morgan fingerprint density at radius 1 is 1.09 bits per heavy atom. The molecule has 5 rings (SSSR count). The van der Waals surface area contributed by atoms with Crippen LogP contribution in [0.25, 0.3) is 5.65 Å². The molecule has 0 aliphatic carbocycles. The lowest BCUT2D eigenvalue weighted by molar-refractivity contribution is 0.0727. The first-order chi connectivity index (χ1) is 15.5. The molecule has 4 heterocycles. The summed E-state index contributed by atoms with van der Waals surface area (Å²) in [6, 6.07) is 14.6. The first-order valence-corrected chi connectivity index (χ1v) is 10.9. The normalized spacial score (nSPS) is 16.1. The van der Waals surface area contributed by atoms with Gasteiger partial charge in [-0.3, -0.25) is 9.78 Å². The fourth-order valence-corrected chi connectivity index (χ4v) is 4.60. The largest absolute Gasteiger partial charge is 0.329 e. The zero-order chi connectivity index (χ0) is 22.2. The molecule has 3 aromatic heterocycles. The van der Waals surface area contributed by atoms with Crippen LogP contribution in [0.5, 0.6) is 0 Å². The number of nitrogens with zero attached hydrogens (tertiary/aromatic N) is 4. The minimum atomic E-state index is -0.234. The van der Waals surface area contributed by atoms with Crippen molar-refractivity contribution < 1.29 is 9.18 Å². The molecular weight excluding hydrogens is 403 g/mol. The lowest BCUT2D eigenvalue weighted by atomic mass is 10.0. The number of benzene rings is 1. The van der Waals surface area contributed by atoms with Crippen molar-refractivity contribution in [2.75, 3.05) is 6.54 Å². The Morgan fingerprint density at radius 2 is 1.91 bits per heavy atom. The van der Waals surface area contributed by atoms with Gasteiger partial charge in [-0.1, -0.05) is 18.2 Å². The van der Waals surface area contributed by atoms with Crippen molar-refractivity contribution in [3.05, 3.63) is 101 Å². The van der Waals surface area contributed by atoms with E-state index in [-0.39, 0.29) is 17.8 Å². The molecule has 0 unspecified atom stereocenters. The van der Waals surface area contributed by atoms with Crippen LogP contribution in [0.4, 0.5) is 4.39 Å². The van der Waals surface area contributed by atoms with E-state index in [2.05, 4.69) is 17.1 Å². The highest BCUT2D eigenvalue weighted by atomic mass is 19.1. The molecule has 5 nitrogen and oxygen atoms in total. The van der Waals surface area contributed by atoms with E-state index in [1.54, 1.807) is 0 Å². The van der Waals surface area contributed by atoms with E-state index in [9.17, 15) is 9.18 Å². The average molecular weight is 429 g/mol. The van der Waals surface area contributed by atoms with Crippen LogP contribution in [-0.4, -0.2) is 31.7 Å². The van der Waals surface area contributed by atoms with Crippen molar-refractivity contribution in [3.63, 3.8) is 0 Å². The molecular formula is C26H25FN4O. The zero-order valence-corrected chi connectivity index (χ0v) is 18.3. The van der Waals surface area contributed by atoms with E-state index < -0.39 is 0 Å². The Bertz CT molecular complexity index is 1300. The van der Waals surface area contributed by atoms with Gasteiger partial charge in [-0.15, -0.1) is 0 Å². The van der Waals surface area contributed by atoms with Gasteiger partial charge in [0.1, 0.15) is 17.2 Å². The molecule has 1 amide bonds. The maximum Gasteiger partial charge on any atom is 0.274 e. The highest BCUT2D eigenvalue weighted by molar-refractivity contribution is 5.93. The average Bonchev–Trinajstić information content (AvgIpc) is 3.43. The number of pyridine rings is 2. The number of likely N-dealkylation sites (tertiary alicyclic amines) is 1. The molecule has 1 fully saturated rings. The number of carbonyl (C=O) groups excluding carboxylic acids is 1. The summed E-state index contributed by atoms with van der Waals surface area (Å²) >= 11 is 0. The Hall–Kier alpha value is -3.54.